The highest BCUT2D eigenvalue weighted by molar-refractivity contribution is 6.32. The van der Waals surface area contributed by atoms with Crippen LogP contribution >= 0.6 is 11.6 Å². The maximum atomic E-state index is 12.2. The summed E-state index contributed by atoms with van der Waals surface area (Å²) in [5, 5.41) is 5.14. The molecule has 0 saturated carbocycles. The van der Waals surface area contributed by atoms with Crippen molar-refractivity contribution < 1.29 is 23.9 Å². The first kappa shape index (κ1) is 18.7. The fourth-order valence-corrected chi connectivity index (χ4v) is 2.53. The van der Waals surface area contributed by atoms with E-state index in [2.05, 4.69) is 15.6 Å². The number of esters is 2. The van der Waals surface area contributed by atoms with Crippen molar-refractivity contribution in [1.29, 1.82) is 0 Å². The number of hydrogen-bond donors (Lipinski definition) is 2. The summed E-state index contributed by atoms with van der Waals surface area (Å²) < 4.78 is 10.2. The van der Waals surface area contributed by atoms with Gasteiger partial charge < -0.3 is 20.1 Å². The number of urea groups is 1. The molecule has 1 atom stereocenters. The zero-order chi connectivity index (χ0) is 18.4. The minimum atomic E-state index is -0.713. The zero-order valence-corrected chi connectivity index (χ0v) is 14.6. The summed E-state index contributed by atoms with van der Waals surface area (Å²) >= 11 is 5.85. The molecule has 134 valence electrons. The molecule has 8 nitrogen and oxygen atoms in total. The van der Waals surface area contributed by atoms with Crippen molar-refractivity contribution in [2.75, 3.05) is 13.2 Å². The Balaban J connectivity index is 2.22. The Bertz CT molecular complexity index is 719. The number of ether oxygens (including phenoxy) is 2. The van der Waals surface area contributed by atoms with Gasteiger partial charge in [-0.15, -0.1) is 0 Å². The second-order valence-corrected chi connectivity index (χ2v) is 5.45. The topological polar surface area (TPSA) is 107 Å². The molecule has 1 unspecified atom stereocenters. The monoisotopic (exact) mass is 367 g/mol. The van der Waals surface area contributed by atoms with Gasteiger partial charge in [-0.1, -0.05) is 18.5 Å². The maximum Gasteiger partial charge on any atom is 0.341 e. The average Bonchev–Trinajstić information content (AvgIpc) is 2.59. The lowest BCUT2D eigenvalue weighted by molar-refractivity contribution is -0.139. The minimum absolute atomic E-state index is 0.00729. The van der Waals surface area contributed by atoms with Crippen LogP contribution in [0.1, 0.15) is 30.6 Å². The summed E-state index contributed by atoms with van der Waals surface area (Å²) in [6, 6.07) is 2.01. The van der Waals surface area contributed by atoms with E-state index in [1.165, 1.54) is 12.3 Å². The third-order valence-corrected chi connectivity index (χ3v) is 3.77. The van der Waals surface area contributed by atoms with E-state index >= 15 is 0 Å². The van der Waals surface area contributed by atoms with E-state index in [-0.39, 0.29) is 35.2 Å². The van der Waals surface area contributed by atoms with Crippen LogP contribution in [-0.4, -0.2) is 42.2 Å². The number of amides is 2. The minimum Gasteiger partial charge on any atom is -0.463 e. The molecule has 2 rings (SSSR count). The number of halogens is 1. The number of nitrogens with zero attached hydrogens (tertiary/aromatic N) is 1. The van der Waals surface area contributed by atoms with Crippen molar-refractivity contribution in [3.63, 3.8) is 0 Å². The van der Waals surface area contributed by atoms with Crippen LogP contribution in [0.25, 0.3) is 0 Å². The van der Waals surface area contributed by atoms with Gasteiger partial charge >= 0.3 is 18.0 Å². The molecular formula is C16H18ClN3O5. The molecule has 25 heavy (non-hydrogen) atoms. The molecule has 2 N–H and O–H groups in total. The maximum absolute atomic E-state index is 12.2. The van der Waals surface area contributed by atoms with Crippen LogP contribution in [0.4, 0.5) is 4.79 Å². The van der Waals surface area contributed by atoms with Gasteiger partial charge in [0.05, 0.1) is 29.5 Å². The second kappa shape index (κ2) is 8.48. The lowest BCUT2D eigenvalue weighted by Gasteiger charge is -2.28. The summed E-state index contributed by atoms with van der Waals surface area (Å²) in [7, 11) is 0. The average molecular weight is 368 g/mol. The van der Waals surface area contributed by atoms with Gasteiger partial charge in [-0.25, -0.2) is 19.4 Å². The fourth-order valence-electron chi connectivity index (χ4n) is 2.33. The van der Waals surface area contributed by atoms with Gasteiger partial charge in [0, 0.05) is 6.20 Å². The third-order valence-electron chi connectivity index (χ3n) is 3.47. The molecule has 2 heterocycles. The molecule has 9 heteroatoms. The lowest BCUT2D eigenvalue weighted by atomic mass is 10.0. The van der Waals surface area contributed by atoms with Crippen molar-refractivity contribution in [3.05, 3.63) is 40.3 Å². The number of hydrogen-bond acceptors (Lipinski definition) is 6. The van der Waals surface area contributed by atoms with Crippen molar-refractivity contribution in [1.82, 2.24) is 15.6 Å². The van der Waals surface area contributed by atoms with Crippen molar-refractivity contribution in [3.8, 4) is 0 Å². The van der Waals surface area contributed by atoms with Crippen LogP contribution in [0.2, 0.25) is 5.15 Å². The number of nitrogens with one attached hydrogen (secondary N) is 2. The molecule has 0 aromatic carbocycles. The van der Waals surface area contributed by atoms with Gasteiger partial charge in [-0.05, 0) is 25.5 Å². The molecule has 0 radical (unpaired) electrons. The van der Waals surface area contributed by atoms with Crippen molar-refractivity contribution >= 4 is 29.6 Å². The van der Waals surface area contributed by atoms with Crippen LogP contribution < -0.4 is 10.6 Å². The Kier molecular flexibility index (Phi) is 6.35. The number of pyridine rings is 1. The molecule has 0 saturated heterocycles. The van der Waals surface area contributed by atoms with E-state index in [0.29, 0.717) is 6.42 Å². The largest absolute Gasteiger partial charge is 0.463 e. The number of rotatable bonds is 6. The summed E-state index contributed by atoms with van der Waals surface area (Å²) in [4.78, 5) is 39.9. The summed E-state index contributed by atoms with van der Waals surface area (Å²) in [6.45, 7) is 3.38. The molecule has 1 aliphatic rings. The predicted molar refractivity (Wildman–Crippen MR) is 88.9 cm³/mol. The quantitative estimate of drug-likeness (QED) is 0.586. The molecule has 1 aromatic rings. The van der Waals surface area contributed by atoms with Crippen LogP contribution in [0.3, 0.4) is 0 Å². The molecule has 0 spiro atoms. The smallest absolute Gasteiger partial charge is 0.341 e. The van der Waals surface area contributed by atoms with Gasteiger partial charge in [0.1, 0.15) is 11.8 Å². The molecule has 1 aliphatic heterocycles. The third kappa shape index (κ3) is 4.48. The molecule has 0 bridgehead atoms. The van der Waals surface area contributed by atoms with E-state index < -0.39 is 24.0 Å². The lowest BCUT2D eigenvalue weighted by Crippen LogP contribution is -2.51. The molecule has 0 aliphatic carbocycles. The normalized spacial score (nSPS) is 16.8. The first-order valence-corrected chi connectivity index (χ1v) is 8.11. The molecule has 0 fully saturated rings. The summed E-state index contributed by atoms with van der Waals surface area (Å²) in [6.07, 6.45) is 1.92. The zero-order valence-electron chi connectivity index (χ0n) is 13.8. The fraction of sp³-hybridized carbons (Fsp3) is 0.375. The van der Waals surface area contributed by atoms with E-state index in [1.807, 2.05) is 6.92 Å². The summed E-state index contributed by atoms with van der Waals surface area (Å²) in [5.74, 6) is -1.29. The van der Waals surface area contributed by atoms with E-state index in [0.717, 1.165) is 0 Å². The van der Waals surface area contributed by atoms with Gasteiger partial charge in [0.25, 0.3) is 0 Å². The first-order valence-electron chi connectivity index (χ1n) is 7.73. The highest BCUT2D eigenvalue weighted by atomic mass is 35.5. The predicted octanol–water partition coefficient (Wildman–Crippen LogP) is 1.80. The summed E-state index contributed by atoms with van der Waals surface area (Å²) in [5.41, 5.74) is 0.506. The standard InChI is InChI=1S/C16H18ClN3O5/c1-3-10-12(15(22)24-4-2)11(20-16(23)19-10)8-25-14(21)9-6-5-7-18-13(9)17/h5-7,10H,3-4,8H2,1-2H3,(H2,19,20,23). The Morgan fingerprint density at radius 3 is 2.68 bits per heavy atom. The Morgan fingerprint density at radius 1 is 1.28 bits per heavy atom. The highest BCUT2D eigenvalue weighted by Gasteiger charge is 2.32. The van der Waals surface area contributed by atoms with Crippen LogP contribution in [0.15, 0.2) is 29.6 Å². The second-order valence-electron chi connectivity index (χ2n) is 5.09. The van der Waals surface area contributed by atoms with Crippen LogP contribution in [0, 0.1) is 0 Å². The van der Waals surface area contributed by atoms with Crippen molar-refractivity contribution in [2.45, 2.75) is 26.3 Å². The number of carbonyl (C=O) groups is 3. The number of carbonyl (C=O) groups excluding carboxylic acids is 3. The first-order chi connectivity index (χ1) is 12.0. The molecular weight excluding hydrogens is 350 g/mol. The van der Waals surface area contributed by atoms with Crippen LogP contribution in [0.5, 0.6) is 0 Å². The van der Waals surface area contributed by atoms with Gasteiger partial charge in [-0.3, -0.25) is 0 Å². The van der Waals surface area contributed by atoms with Crippen molar-refractivity contribution in [2.24, 2.45) is 0 Å². The molecule has 2 amide bonds. The van der Waals surface area contributed by atoms with E-state index in [1.54, 1.807) is 13.0 Å². The van der Waals surface area contributed by atoms with E-state index in [9.17, 15) is 14.4 Å². The highest BCUT2D eigenvalue weighted by Crippen LogP contribution is 2.18. The SMILES string of the molecule is CCOC(=O)C1=C(COC(=O)c2cccnc2Cl)NC(=O)NC1CC. The Hall–Kier alpha value is -2.61. The van der Waals surface area contributed by atoms with Gasteiger partial charge in [0.15, 0.2) is 0 Å². The number of aromatic nitrogens is 1. The Labute approximate surface area is 149 Å². The molecule has 1 aromatic heterocycles. The van der Waals surface area contributed by atoms with Crippen LogP contribution in [-0.2, 0) is 14.3 Å². The van der Waals surface area contributed by atoms with Gasteiger partial charge in [0.2, 0.25) is 0 Å². The van der Waals surface area contributed by atoms with Gasteiger partial charge in [-0.2, -0.15) is 0 Å². The Morgan fingerprint density at radius 2 is 2.04 bits per heavy atom. The van der Waals surface area contributed by atoms with E-state index in [4.69, 9.17) is 21.1 Å².